The summed E-state index contributed by atoms with van der Waals surface area (Å²) in [5, 5.41) is 3.02. The number of anilines is 1. The van der Waals surface area contributed by atoms with Crippen LogP contribution in [-0.2, 0) is 32.6 Å². The second kappa shape index (κ2) is 13.8. The number of nitrogens with zero attached hydrogens (tertiary/aromatic N) is 2. The van der Waals surface area contributed by atoms with E-state index in [1.54, 1.807) is 37.3 Å². The lowest BCUT2D eigenvalue weighted by molar-refractivity contribution is -0.139. The second-order valence-corrected chi connectivity index (χ2v) is 12.5. The zero-order chi connectivity index (χ0) is 31.1. The van der Waals surface area contributed by atoms with Gasteiger partial charge >= 0.3 is 0 Å². The van der Waals surface area contributed by atoms with E-state index in [1.807, 2.05) is 37.3 Å². The lowest BCUT2D eigenvalue weighted by atomic mass is 10.0. The van der Waals surface area contributed by atoms with Gasteiger partial charge in [0.05, 0.1) is 10.6 Å². The standard InChI is InChI=1S/C33H33ClFN3O4S/c1-23-13-16-28(17-14-23)43(41,42)38(30-18-15-27(34)19-24(30)2)22-32(39)37(21-26-11-7-8-12-29(26)35)31(33(40)36-3)20-25-9-5-4-6-10-25/h4-19,31H,20-22H2,1-3H3,(H,36,40). The zero-order valence-electron chi connectivity index (χ0n) is 24.1. The Morgan fingerprint density at radius 3 is 2.19 bits per heavy atom. The van der Waals surface area contributed by atoms with E-state index in [0.717, 1.165) is 15.4 Å². The number of carbonyl (C=O) groups is 2. The first-order valence-electron chi connectivity index (χ1n) is 13.6. The van der Waals surface area contributed by atoms with Gasteiger partial charge in [-0.15, -0.1) is 0 Å². The number of aryl methyl sites for hydroxylation is 2. The highest BCUT2D eigenvalue weighted by Crippen LogP contribution is 2.30. The molecule has 0 saturated carbocycles. The molecule has 0 aliphatic carbocycles. The molecule has 0 fully saturated rings. The topological polar surface area (TPSA) is 86.8 Å². The Hall–Kier alpha value is -4.21. The van der Waals surface area contributed by atoms with Gasteiger partial charge in [0.1, 0.15) is 18.4 Å². The molecule has 4 rings (SSSR count). The molecule has 4 aromatic rings. The number of benzene rings is 4. The van der Waals surface area contributed by atoms with Crippen LogP contribution in [0.2, 0.25) is 5.02 Å². The predicted octanol–water partition coefficient (Wildman–Crippen LogP) is 5.68. The number of rotatable bonds is 11. The molecule has 0 saturated heterocycles. The van der Waals surface area contributed by atoms with Crippen LogP contribution in [0.15, 0.2) is 102 Å². The lowest BCUT2D eigenvalue weighted by Gasteiger charge is -2.34. The van der Waals surface area contributed by atoms with Gasteiger partial charge in [0.2, 0.25) is 11.8 Å². The van der Waals surface area contributed by atoms with Gasteiger partial charge < -0.3 is 10.2 Å². The smallest absolute Gasteiger partial charge is 0.264 e. The third kappa shape index (κ3) is 7.60. The highest BCUT2D eigenvalue weighted by Gasteiger charge is 2.35. The van der Waals surface area contributed by atoms with Gasteiger partial charge in [0.15, 0.2) is 0 Å². The Bertz CT molecular complexity index is 1700. The molecule has 0 aromatic heterocycles. The maximum Gasteiger partial charge on any atom is 0.264 e. The van der Waals surface area contributed by atoms with E-state index in [-0.39, 0.29) is 29.1 Å². The number of sulfonamides is 1. The van der Waals surface area contributed by atoms with E-state index in [9.17, 15) is 22.4 Å². The molecule has 43 heavy (non-hydrogen) atoms. The molecule has 10 heteroatoms. The summed E-state index contributed by atoms with van der Waals surface area (Å²) in [6.45, 7) is 2.64. The molecular formula is C33H33ClFN3O4S. The fraction of sp³-hybridized carbons (Fsp3) is 0.212. The summed E-state index contributed by atoms with van der Waals surface area (Å²) in [4.78, 5) is 28.8. The molecule has 1 unspecified atom stereocenters. The molecule has 1 atom stereocenters. The molecule has 1 N–H and O–H groups in total. The van der Waals surface area contributed by atoms with E-state index < -0.39 is 40.2 Å². The third-order valence-corrected chi connectivity index (χ3v) is 9.14. The van der Waals surface area contributed by atoms with Crippen LogP contribution in [0, 0.1) is 19.7 Å². The normalized spacial score (nSPS) is 11.9. The summed E-state index contributed by atoms with van der Waals surface area (Å²) in [5.74, 6) is -1.70. The molecule has 0 aliphatic rings. The van der Waals surface area contributed by atoms with Crippen molar-refractivity contribution in [1.82, 2.24) is 10.2 Å². The number of likely N-dealkylation sites (N-methyl/N-ethyl adjacent to an activating group) is 1. The Balaban J connectivity index is 1.82. The van der Waals surface area contributed by atoms with Crippen molar-refractivity contribution in [3.05, 3.63) is 130 Å². The van der Waals surface area contributed by atoms with Crippen molar-refractivity contribution >= 4 is 39.1 Å². The maximum atomic E-state index is 14.9. The minimum absolute atomic E-state index is 0.00644. The molecule has 0 bridgehead atoms. The molecule has 7 nitrogen and oxygen atoms in total. The highest BCUT2D eigenvalue weighted by molar-refractivity contribution is 7.92. The number of amides is 2. The van der Waals surface area contributed by atoms with Crippen LogP contribution < -0.4 is 9.62 Å². The predicted molar refractivity (Wildman–Crippen MR) is 167 cm³/mol. The van der Waals surface area contributed by atoms with E-state index >= 15 is 0 Å². The molecule has 4 aromatic carbocycles. The Morgan fingerprint density at radius 2 is 1.56 bits per heavy atom. The fourth-order valence-corrected chi connectivity index (χ4v) is 6.49. The highest BCUT2D eigenvalue weighted by atomic mass is 35.5. The minimum Gasteiger partial charge on any atom is -0.357 e. The molecule has 224 valence electrons. The van der Waals surface area contributed by atoms with E-state index in [1.165, 1.54) is 48.3 Å². The van der Waals surface area contributed by atoms with Gasteiger partial charge in [-0.1, -0.05) is 77.8 Å². The number of hydrogen-bond donors (Lipinski definition) is 1. The molecule has 0 heterocycles. The van der Waals surface area contributed by atoms with Crippen molar-refractivity contribution in [3.63, 3.8) is 0 Å². The van der Waals surface area contributed by atoms with Gasteiger partial charge in [-0.2, -0.15) is 0 Å². The van der Waals surface area contributed by atoms with Crippen LogP contribution in [0.1, 0.15) is 22.3 Å². The van der Waals surface area contributed by atoms with E-state index in [2.05, 4.69) is 5.32 Å². The second-order valence-electron chi connectivity index (χ2n) is 10.2. The van der Waals surface area contributed by atoms with Crippen molar-refractivity contribution in [2.75, 3.05) is 17.9 Å². The van der Waals surface area contributed by atoms with Crippen LogP contribution in [0.3, 0.4) is 0 Å². The monoisotopic (exact) mass is 621 g/mol. The van der Waals surface area contributed by atoms with Crippen molar-refractivity contribution in [2.24, 2.45) is 0 Å². The summed E-state index contributed by atoms with van der Waals surface area (Å²) in [7, 11) is -2.80. The van der Waals surface area contributed by atoms with Crippen LogP contribution in [0.4, 0.5) is 10.1 Å². The number of hydrogen-bond acceptors (Lipinski definition) is 4. The largest absolute Gasteiger partial charge is 0.357 e. The Labute approximate surface area is 257 Å². The van der Waals surface area contributed by atoms with Gasteiger partial charge in [0, 0.05) is 30.6 Å². The molecule has 0 aliphatic heterocycles. The average Bonchev–Trinajstić information content (AvgIpc) is 2.99. The van der Waals surface area contributed by atoms with Crippen LogP contribution in [0.5, 0.6) is 0 Å². The average molecular weight is 622 g/mol. The van der Waals surface area contributed by atoms with Gasteiger partial charge in [0.25, 0.3) is 10.0 Å². The van der Waals surface area contributed by atoms with Crippen LogP contribution >= 0.6 is 11.6 Å². The molecular weight excluding hydrogens is 589 g/mol. The van der Waals surface area contributed by atoms with E-state index in [0.29, 0.717) is 10.6 Å². The lowest BCUT2D eigenvalue weighted by Crippen LogP contribution is -2.53. The van der Waals surface area contributed by atoms with Gasteiger partial charge in [-0.05, 0) is 61.4 Å². The van der Waals surface area contributed by atoms with Gasteiger partial charge in [-0.3, -0.25) is 13.9 Å². The third-order valence-electron chi connectivity index (χ3n) is 7.13. The first-order chi connectivity index (χ1) is 20.5. The number of halogens is 2. The summed E-state index contributed by atoms with van der Waals surface area (Å²) >= 11 is 6.18. The Kier molecular flexibility index (Phi) is 10.2. The summed E-state index contributed by atoms with van der Waals surface area (Å²) in [6, 6.07) is 25.0. The first-order valence-corrected chi connectivity index (χ1v) is 15.5. The van der Waals surface area contributed by atoms with Crippen molar-refractivity contribution < 1.29 is 22.4 Å². The Morgan fingerprint density at radius 1 is 0.907 bits per heavy atom. The summed E-state index contributed by atoms with van der Waals surface area (Å²) in [6.07, 6.45) is 0.130. The SMILES string of the molecule is CNC(=O)C(Cc1ccccc1)N(Cc1ccccc1F)C(=O)CN(c1ccc(Cl)cc1C)S(=O)(=O)c1ccc(C)cc1. The van der Waals surface area contributed by atoms with Crippen molar-refractivity contribution in [2.45, 2.75) is 37.8 Å². The first kappa shape index (κ1) is 31.7. The number of carbonyl (C=O) groups excluding carboxylic acids is 2. The van der Waals surface area contributed by atoms with E-state index in [4.69, 9.17) is 11.6 Å². The van der Waals surface area contributed by atoms with Crippen molar-refractivity contribution in [3.8, 4) is 0 Å². The molecule has 0 spiro atoms. The zero-order valence-corrected chi connectivity index (χ0v) is 25.7. The quantitative estimate of drug-likeness (QED) is 0.234. The summed E-state index contributed by atoms with van der Waals surface area (Å²) in [5.41, 5.74) is 2.62. The van der Waals surface area contributed by atoms with Crippen LogP contribution in [-0.4, -0.2) is 44.8 Å². The minimum atomic E-state index is -4.26. The molecule has 2 amide bonds. The maximum absolute atomic E-state index is 14.9. The fourth-order valence-electron chi connectivity index (χ4n) is 4.78. The molecule has 0 radical (unpaired) electrons. The van der Waals surface area contributed by atoms with Gasteiger partial charge in [-0.25, -0.2) is 12.8 Å². The summed E-state index contributed by atoms with van der Waals surface area (Å²) < 4.78 is 44.1. The number of nitrogens with one attached hydrogen (secondary N) is 1. The van der Waals surface area contributed by atoms with Crippen LogP contribution in [0.25, 0.3) is 0 Å². The van der Waals surface area contributed by atoms with Crippen molar-refractivity contribution in [1.29, 1.82) is 0 Å².